The van der Waals surface area contributed by atoms with Gasteiger partial charge in [-0.2, -0.15) is 4.98 Å². The van der Waals surface area contributed by atoms with Crippen LogP contribution in [0.2, 0.25) is 0 Å². The van der Waals surface area contributed by atoms with Gasteiger partial charge in [0, 0.05) is 7.05 Å². The Kier molecular flexibility index (Phi) is 5.43. The van der Waals surface area contributed by atoms with Gasteiger partial charge in [0.05, 0.1) is 11.4 Å². The van der Waals surface area contributed by atoms with Crippen molar-refractivity contribution < 1.29 is 14.1 Å². The van der Waals surface area contributed by atoms with Crippen LogP contribution in [0.1, 0.15) is 36.8 Å². The molecule has 7 heteroatoms. The van der Waals surface area contributed by atoms with Gasteiger partial charge in [0.15, 0.2) is 6.10 Å². The molecule has 2 aromatic heterocycles. The molecule has 0 unspecified atom stereocenters. The van der Waals surface area contributed by atoms with E-state index in [9.17, 15) is 4.79 Å². The minimum absolute atomic E-state index is 0.131. The minimum atomic E-state index is -0.591. The van der Waals surface area contributed by atoms with E-state index in [1.54, 1.807) is 30.2 Å². The smallest absolute Gasteiger partial charge is 0.263 e. The molecule has 6 nitrogen and oxygen atoms in total. The third-order valence-electron chi connectivity index (χ3n) is 4.94. The van der Waals surface area contributed by atoms with Crippen LogP contribution < -0.4 is 4.74 Å². The highest BCUT2D eigenvalue weighted by Crippen LogP contribution is 2.26. The van der Waals surface area contributed by atoms with Crippen molar-refractivity contribution in [2.24, 2.45) is 0 Å². The van der Waals surface area contributed by atoms with Gasteiger partial charge < -0.3 is 14.2 Å². The van der Waals surface area contributed by atoms with E-state index in [4.69, 9.17) is 9.26 Å². The zero-order chi connectivity index (χ0) is 19.5. The summed E-state index contributed by atoms with van der Waals surface area (Å²) in [7, 11) is 1.71. The first-order valence-electron chi connectivity index (χ1n) is 9.50. The summed E-state index contributed by atoms with van der Waals surface area (Å²) in [5.74, 6) is 1.56. The Hall–Kier alpha value is -2.67. The molecule has 0 bridgehead atoms. The van der Waals surface area contributed by atoms with Crippen LogP contribution in [0.3, 0.4) is 0 Å². The molecular formula is C21H23N3O3S. The summed E-state index contributed by atoms with van der Waals surface area (Å²) in [6.07, 6.45) is 4.08. The predicted octanol–water partition coefficient (Wildman–Crippen LogP) is 4.10. The van der Waals surface area contributed by atoms with Gasteiger partial charge in [-0.1, -0.05) is 17.3 Å². The van der Waals surface area contributed by atoms with Gasteiger partial charge in [-0.15, -0.1) is 11.3 Å². The normalized spacial score (nSPS) is 14.4. The lowest BCUT2D eigenvalue weighted by atomic mass is 9.92. The van der Waals surface area contributed by atoms with Crippen molar-refractivity contribution in [2.75, 3.05) is 7.05 Å². The lowest BCUT2D eigenvalue weighted by molar-refractivity contribution is -0.137. The van der Waals surface area contributed by atoms with Crippen LogP contribution in [0.25, 0.3) is 10.7 Å². The standard InChI is InChI=1S/C21H23N3O3S/c1-14(26-17-10-9-15-6-3-4-7-16(15)12-17)21(25)24(2)13-19-22-20(23-27-19)18-8-5-11-28-18/h5,8-12,14H,3-4,6-7,13H2,1-2H3/t14-/m0/s1. The van der Waals surface area contributed by atoms with Crippen LogP contribution in [0.4, 0.5) is 0 Å². The average Bonchev–Trinajstić information content (AvgIpc) is 3.39. The zero-order valence-electron chi connectivity index (χ0n) is 16.1. The van der Waals surface area contributed by atoms with Gasteiger partial charge in [0.25, 0.3) is 5.91 Å². The minimum Gasteiger partial charge on any atom is -0.481 e. The summed E-state index contributed by atoms with van der Waals surface area (Å²) in [5, 5.41) is 5.94. The Morgan fingerprint density at radius 3 is 2.89 bits per heavy atom. The summed E-state index contributed by atoms with van der Waals surface area (Å²) in [5.41, 5.74) is 2.73. The van der Waals surface area contributed by atoms with E-state index < -0.39 is 6.10 Å². The van der Waals surface area contributed by atoms with Crippen molar-refractivity contribution in [1.82, 2.24) is 15.0 Å². The van der Waals surface area contributed by atoms with Gasteiger partial charge >= 0.3 is 0 Å². The Morgan fingerprint density at radius 2 is 2.11 bits per heavy atom. The van der Waals surface area contributed by atoms with Gasteiger partial charge in [0.1, 0.15) is 5.75 Å². The second-order valence-electron chi connectivity index (χ2n) is 7.08. The predicted molar refractivity (Wildman–Crippen MR) is 107 cm³/mol. The quantitative estimate of drug-likeness (QED) is 0.626. The molecule has 0 spiro atoms. The zero-order valence-corrected chi connectivity index (χ0v) is 16.9. The Balaban J connectivity index is 1.37. The number of nitrogens with zero attached hydrogens (tertiary/aromatic N) is 3. The van der Waals surface area contributed by atoms with Gasteiger partial charge in [-0.05, 0) is 67.3 Å². The molecule has 28 heavy (non-hydrogen) atoms. The van der Waals surface area contributed by atoms with E-state index in [1.165, 1.54) is 24.0 Å². The highest BCUT2D eigenvalue weighted by Gasteiger charge is 2.22. The fourth-order valence-corrected chi connectivity index (χ4v) is 4.10. The van der Waals surface area contributed by atoms with Gasteiger partial charge in [-0.3, -0.25) is 4.79 Å². The van der Waals surface area contributed by atoms with Crippen LogP contribution in [-0.2, 0) is 24.2 Å². The Bertz CT molecular complexity index is 952. The number of amides is 1. The molecule has 0 radical (unpaired) electrons. The van der Waals surface area contributed by atoms with Crippen molar-refractivity contribution in [2.45, 2.75) is 45.3 Å². The topological polar surface area (TPSA) is 68.5 Å². The van der Waals surface area contributed by atoms with Crippen LogP contribution in [0.15, 0.2) is 40.2 Å². The lowest BCUT2D eigenvalue weighted by Crippen LogP contribution is -2.37. The molecule has 3 aromatic rings. The highest BCUT2D eigenvalue weighted by atomic mass is 32.1. The van der Waals surface area contributed by atoms with Crippen LogP contribution in [0.5, 0.6) is 5.75 Å². The van der Waals surface area contributed by atoms with E-state index in [0.717, 1.165) is 23.5 Å². The van der Waals surface area contributed by atoms with Gasteiger partial charge in [-0.25, -0.2) is 0 Å². The SMILES string of the molecule is C[C@H](Oc1ccc2c(c1)CCCC2)C(=O)N(C)Cc1nc(-c2cccs2)no1. The number of carbonyl (C=O) groups is 1. The summed E-state index contributed by atoms with van der Waals surface area (Å²) in [4.78, 5) is 19.5. The molecule has 0 saturated heterocycles. The summed E-state index contributed by atoms with van der Waals surface area (Å²) in [6, 6.07) is 10.0. The number of rotatable bonds is 6. The number of likely N-dealkylation sites (N-methyl/N-ethyl adjacent to an activating group) is 1. The molecule has 146 valence electrons. The molecule has 1 aromatic carbocycles. The average molecular weight is 398 g/mol. The van der Waals surface area contributed by atoms with E-state index in [-0.39, 0.29) is 12.5 Å². The molecule has 2 heterocycles. The summed E-state index contributed by atoms with van der Waals surface area (Å²) < 4.78 is 11.2. The van der Waals surface area contributed by atoms with Crippen molar-refractivity contribution >= 4 is 17.2 Å². The van der Waals surface area contributed by atoms with E-state index >= 15 is 0 Å². The number of aromatic nitrogens is 2. The first-order chi connectivity index (χ1) is 13.6. The van der Waals surface area contributed by atoms with E-state index in [2.05, 4.69) is 22.3 Å². The number of thiophene rings is 1. The number of hydrogen-bond acceptors (Lipinski definition) is 6. The first-order valence-corrected chi connectivity index (χ1v) is 10.4. The monoisotopic (exact) mass is 397 g/mol. The van der Waals surface area contributed by atoms with E-state index in [0.29, 0.717) is 11.7 Å². The maximum Gasteiger partial charge on any atom is 0.263 e. The fraction of sp³-hybridized carbons (Fsp3) is 0.381. The molecule has 0 aliphatic heterocycles. The van der Waals surface area contributed by atoms with Gasteiger partial charge in [0.2, 0.25) is 11.7 Å². The lowest BCUT2D eigenvalue weighted by Gasteiger charge is -2.22. The summed E-state index contributed by atoms with van der Waals surface area (Å²) >= 11 is 1.54. The van der Waals surface area contributed by atoms with Crippen LogP contribution in [-0.4, -0.2) is 34.1 Å². The Labute approximate surface area is 168 Å². The number of ether oxygens (including phenoxy) is 1. The molecule has 0 fully saturated rings. The first kappa shape index (κ1) is 18.7. The van der Waals surface area contributed by atoms with Crippen molar-refractivity contribution in [3.8, 4) is 16.5 Å². The molecule has 0 N–H and O–H groups in total. The third kappa shape index (κ3) is 4.09. The largest absolute Gasteiger partial charge is 0.481 e. The molecule has 1 aliphatic carbocycles. The summed E-state index contributed by atoms with van der Waals surface area (Å²) in [6.45, 7) is 2.01. The highest BCUT2D eigenvalue weighted by molar-refractivity contribution is 7.13. The van der Waals surface area contributed by atoms with Crippen LogP contribution in [0, 0.1) is 0 Å². The Morgan fingerprint density at radius 1 is 1.29 bits per heavy atom. The molecular weight excluding hydrogens is 374 g/mol. The van der Waals surface area contributed by atoms with Crippen molar-refractivity contribution in [3.05, 3.63) is 52.7 Å². The van der Waals surface area contributed by atoms with Crippen molar-refractivity contribution in [1.29, 1.82) is 0 Å². The number of carbonyl (C=O) groups excluding carboxylic acids is 1. The molecule has 1 amide bonds. The maximum atomic E-state index is 12.7. The van der Waals surface area contributed by atoms with Crippen molar-refractivity contribution in [3.63, 3.8) is 0 Å². The fourth-order valence-electron chi connectivity index (χ4n) is 3.45. The number of fused-ring (bicyclic) bond motifs is 1. The van der Waals surface area contributed by atoms with Crippen LogP contribution >= 0.6 is 11.3 Å². The third-order valence-corrected chi connectivity index (χ3v) is 5.80. The maximum absolute atomic E-state index is 12.7. The number of aryl methyl sites for hydroxylation is 2. The number of hydrogen-bond donors (Lipinski definition) is 0. The molecule has 0 saturated carbocycles. The van der Waals surface area contributed by atoms with E-state index in [1.807, 2.05) is 23.6 Å². The number of benzene rings is 1. The molecule has 1 aliphatic rings. The molecule has 4 rings (SSSR count). The second-order valence-corrected chi connectivity index (χ2v) is 8.03. The molecule has 1 atom stereocenters. The second kappa shape index (κ2) is 8.14.